The number of nitrogens with zero attached hydrogens (tertiary/aromatic N) is 3. The van der Waals surface area contributed by atoms with E-state index < -0.39 is 0 Å². The van der Waals surface area contributed by atoms with Gasteiger partial charge in [-0.25, -0.2) is 9.97 Å². The van der Waals surface area contributed by atoms with Gasteiger partial charge in [0, 0.05) is 25.7 Å². The fraction of sp³-hybridized carbons (Fsp3) is 0.643. The summed E-state index contributed by atoms with van der Waals surface area (Å²) in [5, 5.41) is 3.25. The molecule has 0 bridgehead atoms. The molecular formula is C14H22N4O. The molecule has 0 spiro atoms. The highest BCUT2D eigenvalue weighted by Gasteiger charge is 2.21. The summed E-state index contributed by atoms with van der Waals surface area (Å²) in [6, 6.07) is 1.77. The molecule has 1 aromatic rings. The number of hydrogen-bond acceptors (Lipinski definition) is 4. The average Bonchev–Trinajstić information content (AvgIpc) is 2.91. The molecule has 1 fully saturated rings. The Hall–Kier alpha value is -1.65. The highest BCUT2D eigenvalue weighted by atomic mass is 16.2. The maximum absolute atomic E-state index is 12.3. The van der Waals surface area contributed by atoms with Crippen LogP contribution in [0.3, 0.4) is 0 Å². The Morgan fingerprint density at radius 3 is 2.79 bits per heavy atom. The number of unbranched alkanes of at least 4 members (excludes halogenated alkanes) is 1. The normalized spacial score (nSPS) is 14.7. The molecule has 0 aromatic carbocycles. The first kappa shape index (κ1) is 13.8. The number of rotatable bonds is 5. The summed E-state index contributed by atoms with van der Waals surface area (Å²) in [4.78, 5) is 22.7. The van der Waals surface area contributed by atoms with Crippen molar-refractivity contribution in [3.8, 4) is 0 Å². The summed E-state index contributed by atoms with van der Waals surface area (Å²) < 4.78 is 0. The van der Waals surface area contributed by atoms with Gasteiger partial charge in [0.05, 0.1) is 0 Å². The minimum atomic E-state index is 0.0292. The van der Waals surface area contributed by atoms with Crippen LogP contribution >= 0.6 is 0 Å². The maximum atomic E-state index is 12.3. The zero-order valence-corrected chi connectivity index (χ0v) is 11.8. The molecule has 0 radical (unpaired) electrons. The average molecular weight is 262 g/mol. The summed E-state index contributed by atoms with van der Waals surface area (Å²) in [7, 11) is 0. The van der Waals surface area contributed by atoms with Gasteiger partial charge in [0.1, 0.15) is 17.3 Å². The van der Waals surface area contributed by atoms with Gasteiger partial charge in [-0.3, -0.25) is 4.79 Å². The minimum absolute atomic E-state index is 0.0292. The third-order valence-electron chi connectivity index (χ3n) is 3.29. The molecule has 2 heterocycles. The molecular weight excluding hydrogens is 240 g/mol. The number of nitrogens with one attached hydrogen (secondary N) is 1. The Bertz CT molecular complexity index is 441. The van der Waals surface area contributed by atoms with Crippen molar-refractivity contribution in [2.45, 2.75) is 39.5 Å². The monoisotopic (exact) mass is 262 g/mol. The third kappa shape index (κ3) is 3.66. The first-order chi connectivity index (χ1) is 9.20. The van der Waals surface area contributed by atoms with Crippen LogP contribution in [0.1, 0.15) is 48.9 Å². The smallest absolute Gasteiger partial charge is 0.272 e. The molecule has 0 atom stereocenters. The van der Waals surface area contributed by atoms with Crippen LogP contribution in [0, 0.1) is 6.92 Å². The quantitative estimate of drug-likeness (QED) is 0.827. The molecule has 1 saturated heterocycles. The molecule has 1 amide bonds. The van der Waals surface area contributed by atoms with Crippen molar-refractivity contribution >= 4 is 11.7 Å². The summed E-state index contributed by atoms with van der Waals surface area (Å²) in [6.07, 6.45) is 4.42. The van der Waals surface area contributed by atoms with Gasteiger partial charge in [-0.05, 0) is 26.2 Å². The zero-order chi connectivity index (χ0) is 13.7. The second kappa shape index (κ2) is 6.50. The minimum Gasteiger partial charge on any atom is -0.370 e. The van der Waals surface area contributed by atoms with Crippen molar-refractivity contribution in [3.05, 3.63) is 17.6 Å². The molecule has 19 heavy (non-hydrogen) atoms. The number of anilines is 1. The van der Waals surface area contributed by atoms with E-state index in [9.17, 15) is 4.79 Å². The van der Waals surface area contributed by atoms with E-state index in [2.05, 4.69) is 22.2 Å². The lowest BCUT2D eigenvalue weighted by atomic mass is 10.3. The van der Waals surface area contributed by atoms with Crippen LogP contribution in [-0.2, 0) is 0 Å². The molecule has 5 nitrogen and oxygen atoms in total. The van der Waals surface area contributed by atoms with Gasteiger partial charge in [0.2, 0.25) is 0 Å². The molecule has 0 unspecified atom stereocenters. The lowest BCUT2D eigenvalue weighted by Gasteiger charge is -2.15. The molecule has 2 rings (SSSR count). The Balaban J connectivity index is 2.09. The van der Waals surface area contributed by atoms with Gasteiger partial charge in [0.15, 0.2) is 0 Å². The van der Waals surface area contributed by atoms with Crippen LogP contribution in [-0.4, -0.2) is 40.4 Å². The van der Waals surface area contributed by atoms with Crippen LogP contribution in [0.15, 0.2) is 6.07 Å². The number of carbonyl (C=O) groups is 1. The van der Waals surface area contributed by atoms with Gasteiger partial charge < -0.3 is 10.2 Å². The van der Waals surface area contributed by atoms with Crippen LogP contribution in [0.4, 0.5) is 5.82 Å². The molecule has 0 aliphatic carbocycles. The van der Waals surface area contributed by atoms with Crippen molar-refractivity contribution in [1.29, 1.82) is 0 Å². The second-order valence-electron chi connectivity index (χ2n) is 4.97. The number of aromatic nitrogens is 2. The van der Waals surface area contributed by atoms with Gasteiger partial charge in [-0.1, -0.05) is 13.3 Å². The first-order valence-electron chi connectivity index (χ1n) is 7.09. The number of amides is 1. The lowest BCUT2D eigenvalue weighted by molar-refractivity contribution is 0.0786. The van der Waals surface area contributed by atoms with E-state index in [0.717, 1.165) is 51.1 Å². The van der Waals surface area contributed by atoms with Crippen molar-refractivity contribution < 1.29 is 4.79 Å². The van der Waals surface area contributed by atoms with Gasteiger partial charge in [-0.2, -0.15) is 0 Å². The number of hydrogen-bond donors (Lipinski definition) is 1. The molecule has 1 aliphatic heterocycles. The predicted molar refractivity (Wildman–Crippen MR) is 75.3 cm³/mol. The topological polar surface area (TPSA) is 58.1 Å². The number of likely N-dealkylation sites (tertiary alicyclic amines) is 1. The maximum Gasteiger partial charge on any atom is 0.272 e. The standard InChI is InChI=1S/C14H22N4O/c1-3-4-7-15-13-10-12(16-11(2)17-13)14(19)18-8-5-6-9-18/h10H,3-9H2,1-2H3,(H,15,16,17). The molecule has 1 aromatic heterocycles. The largest absolute Gasteiger partial charge is 0.370 e. The SMILES string of the molecule is CCCCNc1cc(C(=O)N2CCCC2)nc(C)n1. The summed E-state index contributed by atoms with van der Waals surface area (Å²) in [6.45, 7) is 6.55. The fourth-order valence-electron chi connectivity index (χ4n) is 2.24. The Labute approximate surface area is 114 Å². The predicted octanol–water partition coefficient (Wildman–Crippen LogP) is 2.23. The van der Waals surface area contributed by atoms with E-state index in [1.165, 1.54) is 0 Å². The zero-order valence-electron chi connectivity index (χ0n) is 11.8. The van der Waals surface area contributed by atoms with Gasteiger partial charge in [-0.15, -0.1) is 0 Å². The van der Waals surface area contributed by atoms with E-state index >= 15 is 0 Å². The van der Waals surface area contributed by atoms with E-state index in [-0.39, 0.29) is 5.91 Å². The van der Waals surface area contributed by atoms with E-state index in [1.807, 2.05) is 11.8 Å². The molecule has 0 saturated carbocycles. The first-order valence-corrected chi connectivity index (χ1v) is 7.09. The molecule has 1 aliphatic rings. The van der Waals surface area contributed by atoms with Crippen molar-refractivity contribution in [2.24, 2.45) is 0 Å². The van der Waals surface area contributed by atoms with E-state index in [4.69, 9.17) is 0 Å². The van der Waals surface area contributed by atoms with Crippen LogP contribution in [0.5, 0.6) is 0 Å². The van der Waals surface area contributed by atoms with E-state index in [0.29, 0.717) is 11.5 Å². The highest BCUT2D eigenvalue weighted by molar-refractivity contribution is 5.93. The molecule has 5 heteroatoms. The number of carbonyl (C=O) groups excluding carboxylic acids is 1. The summed E-state index contributed by atoms with van der Waals surface area (Å²) >= 11 is 0. The van der Waals surface area contributed by atoms with Crippen LogP contribution in [0.25, 0.3) is 0 Å². The van der Waals surface area contributed by atoms with Gasteiger partial charge in [0.25, 0.3) is 5.91 Å². The highest BCUT2D eigenvalue weighted by Crippen LogP contribution is 2.14. The van der Waals surface area contributed by atoms with Crippen molar-refractivity contribution in [1.82, 2.24) is 14.9 Å². The number of aryl methyl sites for hydroxylation is 1. The van der Waals surface area contributed by atoms with Gasteiger partial charge >= 0.3 is 0 Å². The summed E-state index contributed by atoms with van der Waals surface area (Å²) in [5.41, 5.74) is 0.508. The Morgan fingerprint density at radius 1 is 1.37 bits per heavy atom. The van der Waals surface area contributed by atoms with Crippen LogP contribution < -0.4 is 5.32 Å². The van der Waals surface area contributed by atoms with Crippen molar-refractivity contribution in [3.63, 3.8) is 0 Å². The van der Waals surface area contributed by atoms with E-state index in [1.54, 1.807) is 6.07 Å². The van der Waals surface area contributed by atoms with Crippen LogP contribution in [0.2, 0.25) is 0 Å². The second-order valence-corrected chi connectivity index (χ2v) is 4.97. The lowest BCUT2D eigenvalue weighted by Crippen LogP contribution is -2.28. The molecule has 1 N–H and O–H groups in total. The third-order valence-corrected chi connectivity index (χ3v) is 3.29. The Morgan fingerprint density at radius 2 is 2.11 bits per heavy atom. The van der Waals surface area contributed by atoms with Crippen molar-refractivity contribution in [2.75, 3.05) is 25.0 Å². The summed E-state index contributed by atoms with van der Waals surface area (Å²) in [5.74, 6) is 1.43. The fourth-order valence-corrected chi connectivity index (χ4v) is 2.24. The molecule has 104 valence electrons. The Kier molecular flexibility index (Phi) is 4.71.